The molecule has 2 aromatic carbocycles. The molecule has 0 fully saturated rings. The first-order valence-corrected chi connectivity index (χ1v) is 9.23. The molecule has 0 spiro atoms. The van der Waals surface area contributed by atoms with Gasteiger partial charge in [-0.25, -0.2) is 4.79 Å². The number of hydrogen-bond donors (Lipinski definition) is 2. The van der Waals surface area contributed by atoms with Crippen molar-refractivity contribution in [2.24, 2.45) is 5.92 Å². The molecule has 0 aliphatic rings. The highest BCUT2D eigenvalue weighted by molar-refractivity contribution is 7.80. The van der Waals surface area contributed by atoms with Gasteiger partial charge in [-0.15, -0.1) is 0 Å². The number of esters is 1. The topological polar surface area (TPSA) is 55.4 Å². The number of nitrogens with one attached hydrogen (secondary N) is 1. The van der Waals surface area contributed by atoms with Gasteiger partial charge in [0.2, 0.25) is 5.91 Å². The quantitative estimate of drug-likeness (QED) is 0.552. The number of amides is 1. The van der Waals surface area contributed by atoms with E-state index in [4.69, 9.17) is 4.74 Å². The summed E-state index contributed by atoms with van der Waals surface area (Å²) in [6.45, 7) is 3.48. The first-order chi connectivity index (χ1) is 12.4. The van der Waals surface area contributed by atoms with Crippen LogP contribution in [0.4, 0.5) is 0 Å². The lowest BCUT2D eigenvalue weighted by atomic mass is 9.98. The van der Waals surface area contributed by atoms with E-state index in [0.29, 0.717) is 12.2 Å². The van der Waals surface area contributed by atoms with Crippen LogP contribution < -0.4 is 5.32 Å². The summed E-state index contributed by atoms with van der Waals surface area (Å²) in [5, 5.41) is 2.80. The fraction of sp³-hybridized carbons (Fsp3) is 0.333. The maximum atomic E-state index is 12.6. The Morgan fingerprint density at radius 2 is 1.54 bits per heavy atom. The number of ether oxygens (including phenoxy) is 1. The summed E-state index contributed by atoms with van der Waals surface area (Å²) in [4.78, 5) is 25.0. The summed E-state index contributed by atoms with van der Waals surface area (Å²) in [5.74, 6) is -0.588. The number of carbonyl (C=O) groups excluding carboxylic acids is 2. The lowest BCUT2D eigenvalue weighted by molar-refractivity contribution is -0.153. The minimum absolute atomic E-state index is 0.180. The van der Waals surface area contributed by atoms with Crippen LogP contribution in [0, 0.1) is 5.92 Å². The molecule has 5 heteroatoms. The highest BCUT2D eigenvalue weighted by atomic mass is 32.1. The van der Waals surface area contributed by atoms with E-state index in [1.807, 2.05) is 60.7 Å². The molecule has 0 saturated heterocycles. The Labute approximate surface area is 160 Å². The number of benzene rings is 2. The maximum absolute atomic E-state index is 12.6. The van der Waals surface area contributed by atoms with Crippen molar-refractivity contribution in [2.75, 3.05) is 5.75 Å². The molecule has 2 rings (SSSR count). The van der Waals surface area contributed by atoms with Gasteiger partial charge >= 0.3 is 5.97 Å². The predicted molar refractivity (Wildman–Crippen MR) is 106 cm³/mol. The van der Waals surface area contributed by atoms with Crippen molar-refractivity contribution in [3.8, 4) is 0 Å². The average Bonchev–Trinajstić information content (AvgIpc) is 2.65. The van der Waals surface area contributed by atoms with Crippen molar-refractivity contribution in [1.82, 2.24) is 5.32 Å². The van der Waals surface area contributed by atoms with Crippen molar-refractivity contribution in [3.05, 3.63) is 71.8 Å². The average molecular weight is 372 g/mol. The van der Waals surface area contributed by atoms with Gasteiger partial charge in [0.25, 0.3) is 0 Å². The van der Waals surface area contributed by atoms with Gasteiger partial charge in [0.15, 0.2) is 0 Å². The maximum Gasteiger partial charge on any atom is 0.331 e. The summed E-state index contributed by atoms with van der Waals surface area (Å²) in [5.41, 5.74) is 0.857. The van der Waals surface area contributed by atoms with Crippen LogP contribution in [0.25, 0.3) is 0 Å². The van der Waals surface area contributed by atoms with Crippen LogP contribution in [0.1, 0.15) is 25.0 Å². The SMILES string of the molecule is CC(C)(NC(=O)C(CS)Cc1ccccc1)C(=O)OCc1ccccc1. The fourth-order valence-electron chi connectivity index (χ4n) is 2.50. The molecule has 1 amide bonds. The molecule has 4 nitrogen and oxygen atoms in total. The molecule has 2 aromatic rings. The number of hydrogen-bond acceptors (Lipinski definition) is 4. The Bertz CT molecular complexity index is 717. The second kappa shape index (κ2) is 9.43. The Kier molecular flexibility index (Phi) is 7.27. The summed E-state index contributed by atoms with van der Waals surface area (Å²) >= 11 is 4.30. The molecule has 0 aromatic heterocycles. The van der Waals surface area contributed by atoms with Gasteiger partial charge in [-0.2, -0.15) is 12.6 Å². The zero-order valence-corrected chi connectivity index (χ0v) is 16.0. The van der Waals surface area contributed by atoms with Gasteiger partial charge < -0.3 is 10.1 Å². The molecule has 0 radical (unpaired) electrons. The van der Waals surface area contributed by atoms with Crippen LogP contribution in [0.5, 0.6) is 0 Å². The van der Waals surface area contributed by atoms with Gasteiger partial charge in [0.05, 0.1) is 5.92 Å². The molecule has 0 aliphatic heterocycles. The minimum Gasteiger partial charge on any atom is -0.459 e. The molecule has 1 atom stereocenters. The summed E-state index contributed by atoms with van der Waals surface area (Å²) < 4.78 is 5.35. The third kappa shape index (κ3) is 5.92. The van der Waals surface area contributed by atoms with E-state index in [1.54, 1.807) is 13.8 Å². The molecular formula is C21H25NO3S. The first-order valence-electron chi connectivity index (χ1n) is 8.60. The van der Waals surface area contributed by atoms with Crippen LogP contribution >= 0.6 is 12.6 Å². The van der Waals surface area contributed by atoms with Crippen LogP contribution in [-0.2, 0) is 27.4 Å². The van der Waals surface area contributed by atoms with E-state index in [2.05, 4.69) is 17.9 Å². The normalized spacial score (nSPS) is 12.3. The summed E-state index contributed by atoms with van der Waals surface area (Å²) in [6, 6.07) is 19.2. The second-order valence-corrected chi connectivity index (χ2v) is 7.11. The molecule has 0 saturated carbocycles. The Hall–Kier alpha value is -2.27. The Balaban J connectivity index is 1.92. The molecule has 1 unspecified atom stereocenters. The van der Waals surface area contributed by atoms with E-state index in [9.17, 15) is 9.59 Å². The highest BCUT2D eigenvalue weighted by Gasteiger charge is 2.33. The molecular weight excluding hydrogens is 346 g/mol. The zero-order valence-electron chi connectivity index (χ0n) is 15.1. The largest absolute Gasteiger partial charge is 0.459 e. The van der Waals surface area contributed by atoms with E-state index in [1.165, 1.54) is 0 Å². The van der Waals surface area contributed by atoms with E-state index in [0.717, 1.165) is 11.1 Å². The lowest BCUT2D eigenvalue weighted by Crippen LogP contribution is -2.52. The number of carbonyl (C=O) groups is 2. The molecule has 0 heterocycles. The summed E-state index contributed by atoms with van der Waals surface area (Å²) in [7, 11) is 0. The van der Waals surface area contributed by atoms with Gasteiger partial charge in [0.1, 0.15) is 12.1 Å². The highest BCUT2D eigenvalue weighted by Crippen LogP contribution is 2.14. The smallest absolute Gasteiger partial charge is 0.331 e. The molecule has 0 bridgehead atoms. The fourth-order valence-corrected chi connectivity index (χ4v) is 2.80. The van der Waals surface area contributed by atoms with Crippen LogP contribution in [0.2, 0.25) is 0 Å². The lowest BCUT2D eigenvalue weighted by Gasteiger charge is -2.26. The predicted octanol–water partition coefficient (Wildman–Crippen LogP) is 3.41. The van der Waals surface area contributed by atoms with E-state index < -0.39 is 11.5 Å². The van der Waals surface area contributed by atoms with Crippen molar-refractivity contribution < 1.29 is 14.3 Å². The van der Waals surface area contributed by atoms with Gasteiger partial charge in [-0.3, -0.25) is 4.79 Å². The molecule has 138 valence electrons. The van der Waals surface area contributed by atoms with E-state index in [-0.39, 0.29) is 18.4 Å². The number of rotatable bonds is 8. The Morgan fingerprint density at radius 1 is 1.00 bits per heavy atom. The van der Waals surface area contributed by atoms with Gasteiger partial charge in [-0.1, -0.05) is 60.7 Å². The van der Waals surface area contributed by atoms with Crippen molar-refractivity contribution in [1.29, 1.82) is 0 Å². The minimum atomic E-state index is -1.11. The summed E-state index contributed by atoms with van der Waals surface area (Å²) in [6.07, 6.45) is 0.575. The molecule has 26 heavy (non-hydrogen) atoms. The van der Waals surface area contributed by atoms with Gasteiger partial charge in [0, 0.05) is 5.75 Å². The van der Waals surface area contributed by atoms with Crippen LogP contribution in [-0.4, -0.2) is 23.2 Å². The van der Waals surface area contributed by atoms with Crippen LogP contribution in [0.3, 0.4) is 0 Å². The van der Waals surface area contributed by atoms with Crippen molar-refractivity contribution in [2.45, 2.75) is 32.4 Å². The standard InChI is InChI=1S/C21H25NO3S/c1-21(2,20(24)25-14-17-11-7-4-8-12-17)22-19(23)18(15-26)13-16-9-5-3-6-10-16/h3-12,18,26H,13-15H2,1-2H3,(H,22,23). The van der Waals surface area contributed by atoms with Crippen LogP contribution in [0.15, 0.2) is 60.7 Å². The molecule has 1 N–H and O–H groups in total. The third-order valence-electron chi connectivity index (χ3n) is 4.07. The van der Waals surface area contributed by atoms with E-state index >= 15 is 0 Å². The Morgan fingerprint density at radius 3 is 2.08 bits per heavy atom. The third-order valence-corrected chi connectivity index (χ3v) is 4.52. The first kappa shape index (κ1) is 20.0. The van der Waals surface area contributed by atoms with Gasteiger partial charge in [-0.05, 0) is 31.4 Å². The second-order valence-electron chi connectivity index (χ2n) is 6.75. The zero-order chi connectivity index (χ0) is 19.0. The molecule has 0 aliphatic carbocycles. The number of thiol groups is 1. The van der Waals surface area contributed by atoms with Crippen molar-refractivity contribution in [3.63, 3.8) is 0 Å². The van der Waals surface area contributed by atoms with Crippen molar-refractivity contribution >= 4 is 24.5 Å². The monoisotopic (exact) mass is 371 g/mol.